The summed E-state index contributed by atoms with van der Waals surface area (Å²) in [6.07, 6.45) is 15.2. The van der Waals surface area contributed by atoms with Gasteiger partial charge in [0, 0.05) is 103 Å². The monoisotopic (exact) mass is 1100 g/mol. The molecule has 0 aromatic carbocycles. The summed E-state index contributed by atoms with van der Waals surface area (Å²) in [4.78, 5) is 120. The Kier molecular flexibility index (Phi) is 37.2. The van der Waals surface area contributed by atoms with Crippen molar-refractivity contribution < 1.29 is 47.8 Å². The fraction of sp³-hybridized carbons (Fsp3) is 0.869. The highest BCUT2D eigenvalue weighted by atomic mass is 16.5. The Morgan fingerprint density at radius 1 is 0.436 bits per heavy atom. The van der Waals surface area contributed by atoms with Crippen molar-refractivity contribution in [3.05, 3.63) is 0 Å². The average molecular weight is 1100 g/mol. The van der Waals surface area contributed by atoms with Crippen LogP contribution in [0, 0.1) is 47.3 Å². The Labute approximate surface area is 472 Å². The molecule has 4 unspecified atom stereocenters. The van der Waals surface area contributed by atoms with Crippen LogP contribution >= 0.6 is 0 Å². The van der Waals surface area contributed by atoms with Gasteiger partial charge in [0.05, 0.1) is 37.4 Å². The molecule has 0 heterocycles. The molecule has 78 heavy (non-hydrogen) atoms. The molecule has 2 rings (SSSR count). The molecule has 0 radical (unpaired) electrons. The molecular formula is C61H111N7O10. The molecule has 450 valence electrons. The van der Waals surface area contributed by atoms with Crippen LogP contribution in [0.4, 0.5) is 0 Å². The third kappa shape index (κ3) is 31.8. The van der Waals surface area contributed by atoms with Gasteiger partial charge in [0.1, 0.15) is 17.3 Å². The number of amides is 3. The second-order valence-corrected chi connectivity index (χ2v) is 24.0. The van der Waals surface area contributed by atoms with E-state index in [0.29, 0.717) is 57.5 Å². The van der Waals surface area contributed by atoms with Crippen LogP contribution in [-0.2, 0) is 47.8 Å². The minimum absolute atomic E-state index is 0.161. The molecule has 17 heteroatoms. The first-order valence-electron chi connectivity index (χ1n) is 30.6. The lowest BCUT2D eigenvalue weighted by Gasteiger charge is -2.28. The van der Waals surface area contributed by atoms with Gasteiger partial charge in [0.25, 0.3) is 0 Å². The fourth-order valence-corrected chi connectivity index (χ4v) is 10.7. The molecular weight excluding hydrogens is 991 g/mol. The maximum Gasteiger partial charge on any atom is 0.309 e. The van der Waals surface area contributed by atoms with Gasteiger partial charge in [-0.3, -0.25) is 38.4 Å². The van der Waals surface area contributed by atoms with E-state index >= 15 is 0 Å². The molecule has 3 amide bonds. The molecule has 2 saturated carbocycles. The highest BCUT2D eigenvalue weighted by molar-refractivity contribution is 5.96. The lowest BCUT2D eigenvalue weighted by atomic mass is 9.80. The maximum atomic E-state index is 14.7. The molecule has 0 spiro atoms. The van der Waals surface area contributed by atoms with Gasteiger partial charge in [0.15, 0.2) is 0 Å². The predicted molar refractivity (Wildman–Crippen MR) is 309 cm³/mol. The first-order valence-corrected chi connectivity index (χ1v) is 30.6. The lowest BCUT2D eigenvalue weighted by Crippen LogP contribution is -2.41. The SMILES string of the molecule is CCCCNC(=O)C(CC(=O)CC(CC(=O)C(CC(=O)CC(CC)C(=O)OCC1CCC(CCCC)CC1)CC(=O)OCC1CCC(CCCC)CC1)C(=O)NCCN(C)CCN(C)C)CC(=O)NCCN(C)CCN(C)C. The minimum atomic E-state index is -1.19. The van der Waals surface area contributed by atoms with Crippen LogP contribution in [-0.4, -0.2) is 181 Å². The zero-order valence-corrected chi connectivity index (χ0v) is 50.7. The number of nitrogens with zero attached hydrogens (tertiary/aromatic N) is 4. The summed E-state index contributed by atoms with van der Waals surface area (Å²) < 4.78 is 11.7. The third-order valence-electron chi connectivity index (χ3n) is 16.3. The highest BCUT2D eigenvalue weighted by Gasteiger charge is 2.35. The topological polar surface area (TPSA) is 204 Å². The molecule has 3 N–H and O–H groups in total. The van der Waals surface area contributed by atoms with Crippen LogP contribution in [0.25, 0.3) is 0 Å². The summed E-state index contributed by atoms with van der Waals surface area (Å²) >= 11 is 0. The van der Waals surface area contributed by atoms with Crippen molar-refractivity contribution in [1.29, 1.82) is 0 Å². The molecule has 17 nitrogen and oxygen atoms in total. The van der Waals surface area contributed by atoms with Gasteiger partial charge >= 0.3 is 11.9 Å². The molecule has 0 bridgehead atoms. The largest absolute Gasteiger partial charge is 0.465 e. The molecule has 4 atom stereocenters. The van der Waals surface area contributed by atoms with E-state index in [-0.39, 0.29) is 56.4 Å². The quantitative estimate of drug-likeness (QED) is 0.0399. The van der Waals surface area contributed by atoms with E-state index in [0.717, 1.165) is 96.3 Å². The Bertz CT molecular complexity index is 1750. The van der Waals surface area contributed by atoms with Crippen LogP contribution < -0.4 is 16.0 Å². The number of nitrogens with one attached hydrogen (secondary N) is 3. The van der Waals surface area contributed by atoms with Crippen LogP contribution in [0.15, 0.2) is 0 Å². The van der Waals surface area contributed by atoms with Gasteiger partial charge < -0.3 is 45.0 Å². The number of rotatable bonds is 44. The van der Waals surface area contributed by atoms with Gasteiger partial charge in [-0.1, -0.05) is 98.3 Å². The number of esters is 2. The van der Waals surface area contributed by atoms with E-state index in [1.807, 2.05) is 56.1 Å². The fourth-order valence-electron chi connectivity index (χ4n) is 10.7. The number of likely N-dealkylation sites (N-methyl/N-ethyl adjacent to an activating group) is 4. The molecule has 0 aromatic heterocycles. The van der Waals surface area contributed by atoms with Crippen molar-refractivity contribution in [2.75, 3.05) is 114 Å². The minimum Gasteiger partial charge on any atom is -0.465 e. The maximum absolute atomic E-state index is 14.7. The third-order valence-corrected chi connectivity index (χ3v) is 16.3. The van der Waals surface area contributed by atoms with E-state index in [1.54, 1.807) is 0 Å². The summed E-state index contributed by atoms with van der Waals surface area (Å²) in [5.74, 6) is -5.97. The number of unbranched alkanes of at least 4 members (excludes halogenated alkanes) is 3. The summed E-state index contributed by atoms with van der Waals surface area (Å²) in [6, 6.07) is 0. The number of hydrogen-bond acceptors (Lipinski definition) is 14. The van der Waals surface area contributed by atoms with E-state index in [2.05, 4.69) is 49.4 Å². The number of hydrogen-bond donors (Lipinski definition) is 3. The second-order valence-electron chi connectivity index (χ2n) is 24.0. The van der Waals surface area contributed by atoms with E-state index in [1.165, 1.54) is 32.1 Å². The first kappa shape index (κ1) is 70.3. The Hall–Kier alpha value is -3.80. The lowest BCUT2D eigenvalue weighted by molar-refractivity contribution is -0.152. The molecule has 0 aliphatic heterocycles. The Morgan fingerprint density at radius 3 is 1.33 bits per heavy atom. The average Bonchev–Trinajstić information content (AvgIpc) is 3.41. The molecule has 0 saturated heterocycles. The van der Waals surface area contributed by atoms with Crippen molar-refractivity contribution in [2.45, 2.75) is 182 Å². The summed E-state index contributed by atoms with van der Waals surface area (Å²) in [5.41, 5.74) is 0. The number of Topliss-reactive ketones (excluding diaryl/α,β-unsaturated/α-hetero) is 3. The van der Waals surface area contributed by atoms with Gasteiger partial charge in [-0.2, -0.15) is 0 Å². The smallest absolute Gasteiger partial charge is 0.309 e. The predicted octanol–water partition coefficient (Wildman–Crippen LogP) is 7.51. The van der Waals surface area contributed by atoms with Crippen LogP contribution in [0.1, 0.15) is 182 Å². The standard InChI is InChI=1S/C61H111N7O10/c1-11-15-18-46-20-24-48(25-21-46)44-77-58(73)43-51(38-54(69)37-50(14-4)61(76)78-45-49-26-22-47(23-27-49)19-16-12-2)56(71)41-52(59(74)64-30-32-68(10)36-34-66(7)8)39-55(70)40-53(60(75)63-28-17-13-3)42-57(72)62-29-31-67(9)35-33-65(5)6/h46-53H,11-45H2,1-10H3,(H,62,72)(H,63,75)(H,64,74). The van der Waals surface area contributed by atoms with Gasteiger partial charge in [0.2, 0.25) is 17.7 Å². The van der Waals surface area contributed by atoms with Gasteiger partial charge in [-0.05, 0) is 104 Å². The number of ketones is 3. The summed E-state index contributed by atoms with van der Waals surface area (Å²) in [7, 11) is 11.8. The van der Waals surface area contributed by atoms with E-state index < -0.39 is 78.3 Å². The number of ether oxygens (including phenoxy) is 2. The van der Waals surface area contributed by atoms with E-state index in [4.69, 9.17) is 9.47 Å². The van der Waals surface area contributed by atoms with E-state index in [9.17, 15) is 38.4 Å². The molecule has 0 aromatic rings. The van der Waals surface area contributed by atoms with Crippen LogP contribution in [0.2, 0.25) is 0 Å². The number of carbonyl (C=O) groups is 8. The summed E-state index contributed by atoms with van der Waals surface area (Å²) in [6.45, 7) is 14.0. The van der Waals surface area contributed by atoms with Crippen LogP contribution in [0.3, 0.4) is 0 Å². The van der Waals surface area contributed by atoms with Gasteiger partial charge in [-0.25, -0.2) is 0 Å². The highest BCUT2D eigenvalue weighted by Crippen LogP contribution is 2.34. The van der Waals surface area contributed by atoms with Crippen molar-refractivity contribution in [1.82, 2.24) is 35.6 Å². The normalized spacial score (nSPS) is 19.3. The Balaban J connectivity index is 2.35. The number of carbonyl (C=O) groups excluding carboxylic acids is 8. The van der Waals surface area contributed by atoms with Crippen molar-refractivity contribution in [3.8, 4) is 0 Å². The molecule has 2 aliphatic rings. The zero-order valence-electron chi connectivity index (χ0n) is 50.7. The molecule has 2 aliphatic carbocycles. The molecule has 2 fully saturated rings. The van der Waals surface area contributed by atoms with Crippen molar-refractivity contribution in [3.63, 3.8) is 0 Å². The summed E-state index contributed by atoms with van der Waals surface area (Å²) in [5, 5.41) is 8.70. The van der Waals surface area contributed by atoms with Crippen LogP contribution in [0.5, 0.6) is 0 Å². The second kappa shape index (κ2) is 41.2. The zero-order chi connectivity index (χ0) is 57.8. The van der Waals surface area contributed by atoms with Crippen molar-refractivity contribution in [2.24, 2.45) is 47.3 Å². The van der Waals surface area contributed by atoms with Gasteiger partial charge in [-0.15, -0.1) is 0 Å². The van der Waals surface area contributed by atoms with Crippen molar-refractivity contribution >= 4 is 47.0 Å². The Morgan fingerprint density at radius 2 is 0.859 bits per heavy atom. The first-order chi connectivity index (χ1) is 37.3.